The minimum Gasteiger partial charge on any atom is -0.485 e. The van der Waals surface area contributed by atoms with Crippen molar-refractivity contribution >= 4 is 6.01 Å². The molecule has 1 N–H and O–H groups in total. The van der Waals surface area contributed by atoms with Gasteiger partial charge in [0.2, 0.25) is 5.82 Å². The molecule has 96 valence electrons. The monoisotopic (exact) mass is 249 g/mol. The third kappa shape index (κ3) is 3.74. The topological polar surface area (TPSA) is 69.4 Å². The van der Waals surface area contributed by atoms with Gasteiger partial charge in [0.05, 0.1) is 6.61 Å². The first-order valence-corrected chi connectivity index (χ1v) is 5.62. The molecule has 18 heavy (non-hydrogen) atoms. The molecule has 0 aliphatic carbocycles. The van der Waals surface area contributed by atoms with E-state index < -0.39 is 0 Å². The zero-order valence-electron chi connectivity index (χ0n) is 10.1. The van der Waals surface area contributed by atoms with Crippen molar-refractivity contribution in [3.8, 4) is 5.75 Å². The van der Waals surface area contributed by atoms with Gasteiger partial charge in [-0.25, -0.2) is 0 Å². The number of aromatic nitrogens is 2. The quantitative estimate of drug-likeness (QED) is 0.753. The largest absolute Gasteiger partial charge is 0.485 e. The highest BCUT2D eigenvalue weighted by molar-refractivity contribution is 5.21. The molecule has 1 aromatic heterocycles. The maximum absolute atomic E-state index is 5.49. The standard InChI is InChI=1S/C12H15N3O3/c1-16-8-7-13-12-14-11(15-18-12)9-17-10-5-3-2-4-6-10/h2-6H,7-9H2,1H3,(H,13,14,15). The Bertz CT molecular complexity index is 459. The number of anilines is 1. The summed E-state index contributed by atoms with van der Waals surface area (Å²) >= 11 is 0. The van der Waals surface area contributed by atoms with Crippen molar-refractivity contribution in [3.63, 3.8) is 0 Å². The summed E-state index contributed by atoms with van der Waals surface area (Å²) < 4.78 is 15.4. The third-order valence-corrected chi connectivity index (χ3v) is 2.16. The lowest BCUT2D eigenvalue weighted by Gasteiger charge is -2.01. The summed E-state index contributed by atoms with van der Waals surface area (Å²) in [7, 11) is 1.63. The number of rotatable bonds is 7. The molecule has 6 nitrogen and oxygen atoms in total. The molecule has 2 aromatic rings. The summed E-state index contributed by atoms with van der Waals surface area (Å²) in [6.07, 6.45) is 0. The molecular formula is C12H15N3O3. The molecule has 0 saturated heterocycles. The van der Waals surface area contributed by atoms with Gasteiger partial charge in [-0.05, 0) is 12.1 Å². The van der Waals surface area contributed by atoms with Crippen LogP contribution in [0.25, 0.3) is 0 Å². The fourth-order valence-electron chi connectivity index (χ4n) is 1.31. The lowest BCUT2D eigenvalue weighted by molar-refractivity contribution is 0.210. The Morgan fingerprint density at radius 1 is 1.28 bits per heavy atom. The molecule has 2 rings (SSSR count). The van der Waals surface area contributed by atoms with E-state index >= 15 is 0 Å². The van der Waals surface area contributed by atoms with Crippen LogP contribution in [-0.4, -0.2) is 30.4 Å². The summed E-state index contributed by atoms with van der Waals surface area (Å²) in [4.78, 5) is 4.13. The first-order valence-electron chi connectivity index (χ1n) is 5.62. The van der Waals surface area contributed by atoms with E-state index in [1.54, 1.807) is 7.11 Å². The fraction of sp³-hybridized carbons (Fsp3) is 0.333. The van der Waals surface area contributed by atoms with Crippen LogP contribution in [0.5, 0.6) is 5.75 Å². The molecule has 0 saturated carbocycles. The predicted molar refractivity (Wildman–Crippen MR) is 65.4 cm³/mol. The highest BCUT2D eigenvalue weighted by Crippen LogP contribution is 2.11. The minimum absolute atomic E-state index is 0.277. The maximum atomic E-state index is 5.49. The van der Waals surface area contributed by atoms with Crippen molar-refractivity contribution in [1.82, 2.24) is 10.1 Å². The van der Waals surface area contributed by atoms with Crippen LogP contribution >= 0.6 is 0 Å². The second-order valence-corrected chi connectivity index (χ2v) is 3.54. The van der Waals surface area contributed by atoms with Crippen LogP contribution < -0.4 is 10.1 Å². The Morgan fingerprint density at radius 3 is 2.89 bits per heavy atom. The molecule has 0 aliphatic heterocycles. The second-order valence-electron chi connectivity index (χ2n) is 3.54. The Morgan fingerprint density at radius 2 is 2.11 bits per heavy atom. The number of ether oxygens (including phenoxy) is 2. The van der Waals surface area contributed by atoms with Crippen LogP contribution in [0.2, 0.25) is 0 Å². The number of hydrogen-bond acceptors (Lipinski definition) is 6. The summed E-state index contributed by atoms with van der Waals surface area (Å²) in [5.41, 5.74) is 0. The van der Waals surface area contributed by atoms with Gasteiger partial charge >= 0.3 is 6.01 Å². The average molecular weight is 249 g/mol. The molecule has 0 fully saturated rings. The third-order valence-electron chi connectivity index (χ3n) is 2.16. The predicted octanol–water partition coefficient (Wildman–Crippen LogP) is 1.71. The van der Waals surface area contributed by atoms with E-state index in [1.165, 1.54) is 0 Å². The van der Waals surface area contributed by atoms with Gasteiger partial charge in [0.1, 0.15) is 5.75 Å². The molecule has 0 bridgehead atoms. The molecule has 1 aromatic carbocycles. The first kappa shape index (κ1) is 12.4. The van der Waals surface area contributed by atoms with Gasteiger partial charge in [-0.3, -0.25) is 0 Å². The van der Waals surface area contributed by atoms with E-state index in [2.05, 4.69) is 15.5 Å². The molecular weight excluding hydrogens is 234 g/mol. The average Bonchev–Trinajstić information content (AvgIpc) is 2.86. The van der Waals surface area contributed by atoms with E-state index in [9.17, 15) is 0 Å². The van der Waals surface area contributed by atoms with Crippen LogP contribution in [0.15, 0.2) is 34.9 Å². The van der Waals surface area contributed by atoms with Crippen LogP contribution in [0, 0.1) is 0 Å². The maximum Gasteiger partial charge on any atom is 0.321 e. The van der Waals surface area contributed by atoms with Crippen LogP contribution in [0.3, 0.4) is 0 Å². The lowest BCUT2D eigenvalue weighted by atomic mass is 10.3. The summed E-state index contributed by atoms with van der Waals surface area (Å²) in [5, 5.41) is 6.74. The van der Waals surface area contributed by atoms with Gasteiger partial charge in [0.15, 0.2) is 6.61 Å². The Hall–Kier alpha value is -2.08. The van der Waals surface area contributed by atoms with Crippen molar-refractivity contribution in [2.45, 2.75) is 6.61 Å². The smallest absolute Gasteiger partial charge is 0.321 e. The molecule has 1 heterocycles. The zero-order valence-corrected chi connectivity index (χ0v) is 10.1. The Kier molecular flexibility index (Phi) is 4.54. The molecule has 6 heteroatoms. The second kappa shape index (κ2) is 6.61. The Labute approximate surface area is 105 Å². The lowest BCUT2D eigenvalue weighted by Crippen LogP contribution is -2.07. The first-order chi connectivity index (χ1) is 8.88. The highest BCUT2D eigenvalue weighted by atomic mass is 16.5. The fourth-order valence-corrected chi connectivity index (χ4v) is 1.31. The van der Waals surface area contributed by atoms with Gasteiger partial charge in [0, 0.05) is 13.7 Å². The van der Waals surface area contributed by atoms with Crippen molar-refractivity contribution in [2.75, 3.05) is 25.6 Å². The van der Waals surface area contributed by atoms with Crippen molar-refractivity contribution in [3.05, 3.63) is 36.2 Å². The van der Waals surface area contributed by atoms with Gasteiger partial charge in [0.25, 0.3) is 0 Å². The van der Waals surface area contributed by atoms with Gasteiger partial charge in [-0.1, -0.05) is 23.4 Å². The number of hydrogen-bond donors (Lipinski definition) is 1. The SMILES string of the molecule is COCCNc1nc(COc2ccccc2)no1. The summed E-state index contributed by atoms with van der Waals surface area (Å²) in [5.74, 6) is 1.27. The van der Waals surface area contributed by atoms with E-state index in [4.69, 9.17) is 14.0 Å². The number of methoxy groups -OCH3 is 1. The zero-order chi connectivity index (χ0) is 12.6. The highest BCUT2D eigenvalue weighted by Gasteiger charge is 2.05. The van der Waals surface area contributed by atoms with Crippen molar-refractivity contribution < 1.29 is 14.0 Å². The van der Waals surface area contributed by atoms with Crippen LogP contribution in [-0.2, 0) is 11.3 Å². The summed E-state index contributed by atoms with van der Waals surface area (Å²) in [6, 6.07) is 9.86. The number of nitrogens with zero attached hydrogens (tertiary/aromatic N) is 2. The van der Waals surface area contributed by atoms with E-state index in [0.29, 0.717) is 25.0 Å². The Balaban J connectivity index is 1.80. The summed E-state index contributed by atoms with van der Waals surface area (Å²) in [6.45, 7) is 1.48. The normalized spacial score (nSPS) is 10.3. The van der Waals surface area contributed by atoms with E-state index in [0.717, 1.165) is 5.75 Å². The van der Waals surface area contributed by atoms with Crippen LogP contribution in [0.1, 0.15) is 5.82 Å². The molecule has 0 atom stereocenters. The number of benzene rings is 1. The molecule has 0 aliphatic rings. The molecule has 0 radical (unpaired) electrons. The van der Waals surface area contributed by atoms with E-state index in [1.807, 2.05) is 30.3 Å². The number of nitrogens with one attached hydrogen (secondary N) is 1. The van der Waals surface area contributed by atoms with Gasteiger partial charge in [-0.15, -0.1) is 0 Å². The van der Waals surface area contributed by atoms with Crippen molar-refractivity contribution in [2.24, 2.45) is 0 Å². The van der Waals surface area contributed by atoms with Crippen LogP contribution in [0.4, 0.5) is 6.01 Å². The molecule has 0 spiro atoms. The van der Waals surface area contributed by atoms with Crippen molar-refractivity contribution in [1.29, 1.82) is 0 Å². The number of para-hydroxylation sites is 1. The van der Waals surface area contributed by atoms with E-state index in [-0.39, 0.29) is 6.61 Å². The van der Waals surface area contributed by atoms with Gasteiger partial charge < -0.3 is 19.3 Å². The van der Waals surface area contributed by atoms with Gasteiger partial charge in [-0.2, -0.15) is 4.98 Å². The molecule has 0 unspecified atom stereocenters. The minimum atomic E-state index is 0.277. The molecule has 0 amide bonds.